The molecule has 6 nitrogen and oxygen atoms in total. The van der Waals surface area contributed by atoms with Gasteiger partial charge < -0.3 is 24.8 Å². The van der Waals surface area contributed by atoms with Gasteiger partial charge in [0.2, 0.25) is 0 Å². The lowest BCUT2D eigenvalue weighted by atomic mass is 10.1. The van der Waals surface area contributed by atoms with Gasteiger partial charge >= 0.3 is 0 Å². The maximum atomic E-state index is 13.8. The van der Waals surface area contributed by atoms with Crippen LogP contribution in [0.5, 0.6) is 11.5 Å². The number of fused-ring (bicyclic) bond motifs is 1. The van der Waals surface area contributed by atoms with E-state index in [1.807, 2.05) is 0 Å². The number of amides is 1. The summed E-state index contributed by atoms with van der Waals surface area (Å²) in [4.78, 5) is 18.2. The number of carbonyl (C=O) groups is 1. The third-order valence-corrected chi connectivity index (χ3v) is 3.65. The highest BCUT2D eigenvalue weighted by atomic mass is 32.1. The molecule has 1 heterocycles. The molecule has 0 aliphatic rings. The summed E-state index contributed by atoms with van der Waals surface area (Å²) in [6.45, 7) is 0. The summed E-state index contributed by atoms with van der Waals surface area (Å²) >= 11 is 5.00. The van der Waals surface area contributed by atoms with Gasteiger partial charge in [0.15, 0.2) is 4.77 Å². The molecule has 3 rings (SSSR count). The Kier molecular flexibility index (Phi) is 4.22. The fourth-order valence-electron chi connectivity index (χ4n) is 2.36. The fourth-order valence-corrected chi connectivity index (χ4v) is 2.58. The van der Waals surface area contributed by atoms with E-state index >= 15 is 0 Å². The number of aromatic nitrogens is 2. The van der Waals surface area contributed by atoms with Crippen molar-refractivity contribution in [3.05, 3.63) is 46.5 Å². The lowest BCUT2D eigenvalue weighted by Crippen LogP contribution is -2.13. The topological polar surface area (TPSA) is 79.1 Å². The highest BCUT2D eigenvalue weighted by molar-refractivity contribution is 7.71. The Morgan fingerprint density at radius 3 is 2.38 bits per heavy atom. The predicted molar refractivity (Wildman–Crippen MR) is 90.9 cm³/mol. The molecule has 0 fully saturated rings. The number of hydrogen-bond acceptors (Lipinski definition) is 4. The van der Waals surface area contributed by atoms with Crippen molar-refractivity contribution in [1.29, 1.82) is 0 Å². The smallest absolute Gasteiger partial charge is 0.257 e. The van der Waals surface area contributed by atoms with E-state index in [9.17, 15) is 9.18 Å². The summed E-state index contributed by atoms with van der Waals surface area (Å²) in [5.74, 6) is 0.0198. The first-order valence-corrected chi connectivity index (χ1v) is 7.37. The van der Waals surface area contributed by atoms with E-state index in [0.29, 0.717) is 33.0 Å². The zero-order valence-corrected chi connectivity index (χ0v) is 13.7. The number of hydrogen-bond donors (Lipinski definition) is 3. The number of H-pyrrole nitrogens is 2. The van der Waals surface area contributed by atoms with Crippen molar-refractivity contribution < 1.29 is 18.7 Å². The van der Waals surface area contributed by atoms with Gasteiger partial charge in [-0.2, -0.15) is 0 Å². The van der Waals surface area contributed by atoms with Crippen molar-refractivity contribution >= 4 is 34.8 Å². The van der Waals surface area contributed by atoms with Crippen LogP contribution < -0.4 is 14.8 Å². The number of methoxy groups -OCH3 is 2. The number of benzene rings is 2. The molecule has 3 aromatic rings. The molecule has 24 heavy (non-hydrogen) atoms. The molecule has 2 aromatic carbocycles. The molecule has 1 aromatic heterocycles. The number of rotatable bonds is 4. The van der Waals surface area contributed by atoms with Crippen molar-refractivity contribution in [1.82, 2.24) is 9.97 Å². The molecular weight excluding hydrogens is 333 g/mol. The summed E-state index contributed by atoms with van der Waals surface area (Å²) in [5.41, 5.74) is 1.46. The molecule has 8 heteroatoms. The van der Waals surface area contributed by atoms with Crippen LogP contribution in [-0.4, -0.2) is 30.1 Å². The first kappa shape index (κ1) is 16.0. The largest absolute Gasteiger partial charge is 0.497 e. The monoisotopic (exact) mass is 347 g/mol. The SMILES string of the molecule is COc1cc(NC(=O)c2cc(F)cc3[nH]c(=S)[nH]c23)cc(OC)c1. The normalized spacial score (nSPS) is 10.6. The Labute approximate surface area is 141 Å². The second-order valence-electron chi connectivity index (χ2n) is 5.01. The van der Waals surface area contributed by atoms with Crippen molar-refractivity contribution in [2.75, 3.05) is 19.5 Å². The minimum absolute atomic E-state index is 0.138. The molecule has 0 spiro atoms. The molecular formula is C16H14FN3O3S. The van der Waals surface area contributed by atoms with Gasteiger partial charge in [0.25, 0.3) is 5.91 Å². The number of halogens is 1. The quantitative estimate of drug-likeness (QED) is 0.630. The number of ether oxygens (including phenoxy) is 2. The van der Waals surface area contributed by atoms with Crippen molar-refractivity contribution in [2.24, 2.45) is 0 Å². The predicted octanol–water partition coefficient (Wildman–Crippen LogP) is 3.63. The average Bonchev–Trinajstić information content (AvgIpc) is 2.93. The average molecular weight is 347 g/mol. The first-order chi connectivity index (χ1) is 11.5. The van der Waals surface area contributed by atoms with Crippen molar-refractivity contribution in [3.63, 3.8) is 0 Å². The van der Waals surface area contributed by atoms with E-state index in [2.05, 4.69) is 15.3 Å². The number of nitrogens with one attached hydrogen (secondary N) is 3. The van der Waals surface area contributed by atoms with Crippen LogP contribution in [-0.2, 0) is 0 Å². The number of carbonyl (C=O) groups excluding carboxylic acids is 1. The Balaban J connectivity index is 2.00. The summed E-state index contributed by atoms with van der Waals surface area (Å²) in [7, 11) is 3.02. The molecule has 0 aliphatic carbocycles. The minimum Gasteiger partial charge on any atom is -0.497 e. The van der Waals surface area contributed by atoms with Gasteiger partial charge in [0.05, 0.1) is 30.8 Å². The van der Waals surface area contributed by atoms with Gasteiger partial charge in [-0.15, -0.1) is 0 Å². The van der Waals surface area contributed by atoms with E-state index in [1.54, 1.807) is 18.2 Å². The van der Waals surface area contributed by atoms with Gasteiger partial charge in [-0.1, -0.05) is 0 Å². The van der Waals surface area contributed by atoms with Gasteiger partial charge in [0, 0.05) is 23.9 Å². The molecule has 124 valence electrons. The number of aromatic amines is 2. The molecule has 1 amide bonds. The Morgan fingerprint density at radius 1 is 1.08 bits per heavy atom. The molecule has 0 radical (unpaired) electrons. The molecule has 0 saturated heterocycles. The Bertz CT molecular complexity index is 958. The van der Waals surface area contributed by atoms with Crippen LogP contribution in [0, 0.1) is 10.6 Å². The van der Waals surface area contributed by atoms with Gasteiger partial charge in [-0.05, 0) is 24.4 Å². The van der Waals surface area contributed by atoms with Gasteiger partial charge in [0.1, 0.15) is 17.3 Å². The lowest BCUT2D eigenvalue weighted by molar-refractivity contribution is 0.102. The third kappa shape index (κ3) is 3.09. The zero-order valence-electron chi connectivity index (χ0n) is 12.9. The van der Waals surface area contributed by atoms with Crippen LogP contribution in [0.25, 0.3) is 11.0 Å². The first-order valence-electron chi connectivity index (χ1n) is 6.96. The van der Waals surface area contributed by atoms with Crippen molar-refractivity contribution in [3.8, 4) is 11.5 Å². The van der Waals surface area contributed by atoms with Crippen molar-refractivity contribution in [2.45, 2.75) is 0 Å². The van der Waals surface area contributed by atoms with Crippen LogP contribution in [0.2, 0.25) is 0 Å². The highest BCUT2D eigenvalue weighted by Crippen LogP contribution is 2.27. The highest BCUT2D eigenvalue weighted by Gasteiger charge is 2.15. The minimum atomic E-state index is -0.541. The number of anilines is 1. The maximum absolute atomic E-state index is 13.8. The zero-order chi connectivity index (χ0) is 17.3. The van der Waals surface area contributed by atoms with E-state index in [-0.39, 0.29) is 5.56 Å². The molecule has 0 bridgehead atoms. The van der Waals surface area contributed by atoms with E-state index in [1.165, 1.54) is 20.3 Å². The second-order valence-corrected chi connectivity index (χ2v) is 5.42. The van der Waals surface area contributed by atoms with Gasteiger partial charge in [-0.3, -0.25) is 4.79 Å². The summed E-state index contributed by atoms with van der Waals surface area (Å²) in [5, 5.41) is 2.70. The van der Waals surface area contributed by atoms with Gasteiger partial charge in [-0.25, -0.2) is 4.39 Å². The molecule has 0 saturated carbocycles. The Hall–Kier alpha value is -2.87. The summed E-state index contributed by atoms with van der Waals surface area (Å²) in [6.07, 6.45) is 0. The van der Waals surface area contributed by atoms with Crippen LogP contribution in [0.1, 0.15) is 10.4 Å². The second kappa shape index (κ2) is 6.32. The molecule has 0 atom stereocenters. The summed E-state index contributed by atoms with van der Waals surface area (Å²) < 4.78 is 24.4. The third-order valence-electron chi connectivity index (χ3n) is 3.44. The number of imidazole rings is 1. The Morgan fingerprint density at radius 2 is 1.75 bits per heavy atom. The molecule has 3 N–H and O–H groups in total. The summed E-state index contributed by atoms with van der Waals surface area (Å²) in [6, 6.07) is 7.37. The van der Waals surface area contributed by atoms with Crippen LogP contribution in [0.4, 0.5) is 10.1 Å². The van der Waals surface area contributed by atoms with E-state index in [4.69, 9.17) is 21.7 Å². The molecule has 0 aliphatic heterocycles. The van der Waals surface area contributed by atoms with Crippen LogP contribution in [0.15, 0.2) is 30.3 Å². The fraction of sp³-hybridized carbons (Fsp3) is 0.125. The van der Waals surface area contributed by atoms with E-state index < -0.39 is 11.7 Å². The maximum Gasteiger partial charge on any atom is 0.257 e. The standard InChI is InChI=1S/C16H14FN3O3S/c1-22-10-5-9(6-11(7-10)23-2)18-15(21)12-3-8(17)4-13-14(12)20-16(24)19-13/h3-7H,1-2H3,(H,18,21)(H2,19,20,24). The van der Waals surface area contributed by atoms with Crippen LogP contribution >= 0.6 is 12.2 Å². The van der Waals surface area contributed by atoms with Crippen LogP contribution in [0.3, 0.4) is 0 Å². The molecule has 0 unspecified atom stereocenters. The lowest BCUT2D eigenvalue weighted by Gasteiger charge is -2.10. The van der Waals surface area contributed by atoms with E-state index in [0.717, 1.165) is 6.07 Å².